The van der Waals surface area contributed by atoms with Gasteiger partial charge in [0.05, 0.1) is 11.6 Å². The molecule has 3 N–H and O–H groups in total. The van der Waals surface area contributed by atoms with Crippen molar-refractivity contribution in [2.24, 2.45) is 11.8 Å². The van der Waals surface area contributed by atoms with Gasteiger partial charge in [-0.3, -0.25) is 9.59 Å². The van der Waals surface area contributed by atoms with Gasteiger partial charge in [0.2, 0.25) is 5.91 Å². The number of likely N-dealkylation sites (N-methyl/N-ethyl adjacent to an activating group) is 1. The molecule has 0 radical (unpaired) electrons. The third-order valence-corrected chi connectivity index (χ3v) is 7.46. The Bertz CT molecular complexity index is 1020. The number of carbonyl (C=O) groups excluding carboxylic acids is 2. The second kappa shape index (κ2) is 10.6. The van der Waals surface area contributed by atoms with E-state index in [9.17, 15) is 19.1 Å². The highest BCUT2D eigenvalue weighted by atomic mass is 19.1. The number of nitrogens with one attached hydrogen (secondary N) is 2. The van der Waals surface area contributed by atoms with Crippen molar-refractivity contribution in [3.8, 4) is 5.75 Å². The van der Waals surface area contributed by atoms with Crippen molar-refractivity contribution in [1.29, 1.82) is 0 Å². The van der Waals surface area contributed by atoms with Crippen LogP contribution in [-0.4, -0.2) is 47.5 Å². The number of rotatable bonds is 8. The molecule has 2 amide bonds. The molecule has 7 heteroatoms. The lowest BCUT2D eigenvalue weighted by Crippen LogP contribution is -2.50. The van der Waals surface area contributed by atoms with Gasteiger partial charge in [0, 0.05) is 26.2 Å². The van der Waals surface area contributed by atoms with Gasteiger partial charge in [0.25, 0.3) is 5.91 Å². The highest BCUT2D eigenvalue weighted by Crippen LogP contribution is 2.35. The standard InChI is InChI=1S/C27H34FN3O3/c1-17(30-22(26(33)29-2)14-18-6-4-3-5-7-18)20-10-8-19(9-11-20)15-31-16-21-12-13-23(32)25(28)24(21)27(31)34/h3-7,12-13,17,19-20,22,30,32H,8-11,14-16H2,1-2H3,(H,29,33)/t17?,19?,20?,22-/m0/s1. The van der Waals surface area contributed by atoms with Crippen LogP contribution in [0.1, 0.15) is 54.1 Å². The van der Waals surface area contributed by atoms with Gasteiger partial charge in [-0.15, -0.1) is 0 Å². The number of aromatic hydroxyl groups is 1. The summed E-state index contributed by atoms with van der Waals surface area (Å²) < 4.78 is 14.2. The Kier molecular flexibility index (Phi) is 7.51. The van der Waals surface area contributed by atoms with Crippen LogP contribution in [0, 0.1) is 17.7 Å². The third-order valence-electron chi connectivity index (χ3n) is 7.46. The van der Waals surface area contributed by atoms with E-state index in [1.54, 1.807) is 18.0 Å². The average Bonchev–Trinajstić information content (AvgIpc) is 3.17. The first kappa shape index (κ1) is 24.2. The number of carbonyl (C=O) groups is 2. The lowest BCUT2D eigenvalue weighted by atomic mass is 9.78. The van der Waals surface area contributed by atoms with Crippen LogP contribution >= 0.6 is 0 Å². The first-order valence-corrected chi connectivity index (χ1v) is 12.2. The fraction of sp³-hybridized carbons (Fsp3) is 0.481. The highest BCUT2D eigenvalue weighted by molar-refractivity contribution is 5.99. The van der Waals surface area contributed by atoms with Crippen LogP contribution in [0.4, 0.5) is 4.39 Å². The Hall–Kier alpha value is -2.93. The van der Waals surface area contributed by atoms with E-state index >= 15 is 0 Å². The zero-order chi connectivity index (χ0) is 24.2. The van der Waals surface area contributed by atoms with E-state index in [-0.39, 0.29) is 29.5 Å². The van der Waals surface area contributed by atoms with Crippen LogP contribution in [0.5, 0.6) is 5.75 Å². The molecule has 1 aliphatic heterocycles. The topological polar surface area (TPSA) is 81.7 Å². The Labute approximate surface area is 200 Å². The van der Waals surface area contributed by atoms with Crippen LogP contribution in [0.15, 0.2) is 42.5 Å². The molecule has 0 aromatic heterocycles. The lowest BCUT2D eigenvalue weighted by Gasteiger charge is -2.35. The van der Waals surface area contributed by atoms with Crippen molar-refractivity contribution < 1.29 is 19.1 Å². The van der Waals surface area contributed by atoms with Gasteiger partial charge < -0.3 is 20.6 Å². The van der Waals surface area contributed by atoms with Crippen LogP contribution in [0.2, 0.25) is 0 Å². The quantitative estimate of drug-likeness (QED) is 0.554. The van der Waals surface area contributed by atoms with E-state index in [0.29, 0.717) is 36.9 Å². The first-order valence-electron chi connectivity index (χ1n) is 12.2. The number of benzene rings is 2. The minimum absolute atomic E-state index is 0.00484. The number of amides is 2. The number of hydrogen-bond donors (Lipinski definition) is 3. The number of phenols is 1. The third kappa shape index (κ3) is 5.25. The molecule has 0 spiro atoms. The number of nitrogens with zero attached hydrogens (tertiary/aromatic N) is 1. The Morgan fingerprint density at radius 2 is 1.85 bits per heavy atom. The molecule has 2 atom stereocenters. The molecular weight excluding hydrogens is 433 g/mol. The largest absolute Gasteiger partial charge is 0.505 e. The molecule has 182 valence electrons. The monoisotopic (exact) mass is 467 g/mol. The first-order chi connectivity index (χ1) is 16.4. The van der Waals surface area contributed by atoms with Gasteiger partial charge in [-0.25, -0.2) is 4.39 Å². The van der Waals surface area contributed by atoms with Crippen LogP contribution in [0.25, 0.3) is 0 Å². The summed E-state index contributed by atoms with van der Waals surface area (Å²) in [5.74, 6) is -0.782. The molecule has 1 fully saturated rings. The van der Waals surface area contributed by atoms with Crippen molar-refractivity contribution >= 4 is 11.8 Å². The summed E-state index contributed by atoms with van der Waals surface area (Å²) in [7, 11) is 1.67. The van der Waals surface area contributed by atoms with E-state index < -0.39 is 11.6 Å². The molecule has 1 aliphatic carbocycles. The highest BCUT2D eigenvalue weighted by Gasteiger charge is 2.35. The minimum atomic E-state index is -0.810. The van der Waals surface area contributed by atoms with E-state index in [2.05, 4.69) is 17.6 Å². The maximum atomic E-state index is 14.2. The molecule has 6 nitrogen and oxygen atoms in total. The molecule has 0 saturated heterocycles. The summed E-state index contributed by atoms with van der Waals surface area (Å²) in [4.78, 5) is 26.9. The van der Waals surface area contributed by atoms with Gasteiger partial charge in [-0.1, -0.05) is 36.4 Å². The predicted octanol–water partition coefficient (Wildman–Crippen LogP) is 3.63. The second-order valence-corrected chi connectivity index (χ2v) is 9.71. The molecule has 34 heavy (non-hydrogen) atoms. The normalized spacial score (nSPS) is 21.7. The Morgan fingerprint density at radius 1 is 1.15 bits per heavy atom. The molecule has 1 unspecified atom stereocenters. The number of fused-ring (bicyclic) bond motifs is 1. The summed E-state index contributed by atoms with van der Waals surface area (Å²) in [6.07, 6.45) is 4.68. The molecule has 4 rings (SSSR count). The smallest absolute Gasteiger partial charge is 0.257 e. The Morgan fingerprint density at radius 3 is 2.53 bits per heavy atom. The zero-order valence-electron chi connectivity index (χ0n) is 19.9. The molecular formula is C27H34FN3O3. The van der Waals surface area contributed by atoms with Crippen LogP contribution in [-0.2, 0) is 17.8 Å². The molecule has 2 aromatic rings. The van der Waals surface area contributed by atoms with Gasteiger partial charge >= 0.3 is 0 Å². The minimum Gasteiger partial charge on any atom is -0.505 e. The molecule has 1 heterocycles. The Balaban J connectivity index is 1.29. The maximum absolute atomic E-state index is 14.2. The second-order valence-electron chi connectivity index (χ2n) is 9.71. The van der Waals surface area contributed by atoms with Crippen molar-refractivity contribution in [1.82, 2.24) is 15.5 Å². The summed E-state index contributed by atoms with van der Waals surface area (Å²) in [6.45, 7) is 3.16. The van der Waals surface area contributed by atoms with Crippen LogP contribution in [0.3, 0.4) is 0 Å². The van der Waals surface area contributed by atoms with Crippen molar-refractivity contribution in [3.05, 3.63) is 65.0 Å². The molecule has 2 aliphatic rings. The van der Waals surface area contributed by atoms with E-state index in [4.69, 9.17) is 0 Å². The van der Waals surface area contributed by atoms with Crippen LogP contribution < -0.4 is 10.6 Å². The van der Waals surface area contributed by atoms with Crippen molar-refractivity contribution in [2.75, 3.05) is 13.6 Å². The van der Waals surface area contributed by atoms with Gasteiger partial charge in [-0.2, -0.15) is 0 Å². The van der Waals surface area contributed by atoms with Gasteiger partial charge in [-0.05, 0) is 68.1 Å². The van der Waals surface area contributed by atoms with Crippen molar-refractivity contribution in [2.45, 2.75) is 57.7 Å². The van der Waals surface area contributed by atoms with E-state index in [1.807, 2.05) is 30.3 Å². The summed E-state index contributed by atoms with van der Waals surface area (Å²) in [6, 6.07) is 12.9. The SMILES string of the molecule is CNC(=O)[C@H](Cc1ccccc1)NC(C)C1CCC(CN2Cc3ccc(O)c(F)c3C2=O)CC1. The van der Waals surface area contributed by atoms with Crippen molar-refractivity contribution in [3.63, 3.8) is 0 Å². The number of hydrogen-bond acceptors (Lipinski definition) is 4. The zero-order valence-corrected chi connectivity index (χ0v) is 19.9. The number of halogens is 1. The fourth-order valence-electron chi connectivity index (χ4n) is 5.44. The van der Waals surface area contributed by atoms with Gasteiger partial charge in [0.15, 0.2) is 11.6 Å². The van der Waals surface area contributed by atoms with Gasteiger partial charge in [0.1, 0.15) is 0 Å². The maximum Gasteiger partial charge on any atom is 0.257 e. The predicted molar refractivity (Wildman–Crippen MR) is 129 cm³/mol. The molecule has 1 saturated carbocycles. The lowest BCUT2D eigenvalue weighted by molar-refractivity contribution is -0.123. The summed E-state index contributed by atoms with van der Waals surface area (Å²) >= 11 is 0. The van der Waals surface area contributed by atoms with E-state index in [1.165, 1.54) is 6.07 Å². The number of phenolic OH excluding ortho intramolecular Hbond substituents is 1. The molecule has 0 bridgehead atoms. The average molecular weight is 468 g/mol. The van der Waals surface area contributed by atoms with E-state index in [0.717, 1.165) is 31.2 Å². The summed E-state index contributed by atoms with van der Waals surface area (Å²) in [5, 5.41) is 15.9. The molecule has 2 aromatic carbocycles. The summed E-state index contributed by atoms with van der Waals surface area (Å²) in [5.41, 5.74) is 1.79. The fourth-order valence-corrected chi connectivity index (χ4v) is 5.44.